The topological polar surface area (TPSA) is 87.0 Å². The van der Waals surface area contributed by atoms with Crippen LogP contribution in [-0.4, -0.2) is 47.2 Å². The highest BCUT2D eigenvalue weighted by Gasteiger charge is 2.15. The molecule has 1 unspecified atom stereocenters. The van der Waals surface area contributed by atoms with Gasteiger partial charge in [-0.15, -0.1) is 0 Å². The van der Waals surface area contributed by atoms with Crippen LogP contribution in [-0.2, 0) is 9.53 Å². The summed E-state index contributed by atoms with van der Waals surface area (Å²) < 4.78 is 4.94. The number of aliphatic hydroxyl groups is 3. The van der Waals surface area contributed by atoms with E-state index in [0.717, 1.165) is 32.1 Å². The molecule has 0 aliphatic rings. The minimum absolute atomic E-state index is 0.147. The van der Waals surface area contributed by atoms with Gasteiger partial charge < -0.3 is 20.1 Å². The number of carbonyl (C=O) groups excluding carboxylic acids is 1. The normalized spacial score (nSPS) is 12.4. The first kappa shape index (κ1) is 17.4. The van der Waals surface area contributed by atoms with Crippen LogP contribution in [0.4, 0.5) is 0 Å². The first-order chi connectivity index (χ1) is 8.72. The predicted molar refractivity (Wildman–Crippen MR) is 68.1 cm³/mol. The summed E-state index contributed by atoms with van der Waals surface area (Å²) in [5, 5.41) is 26.6. The van der Waals surface area contributed by atoms with Gasteiger partial charge in [0.25, 0.3) is 0 Å². The molecule has 1 atom stereocenters. The molecule has 108 valence electrons. The van der Waals surface area contributed by atoms with Crippen molar-refractivity contribution in [3.63, 3.8) is 0 Å². The van der Waals surface area contributed by atoms with E-state index in [-0.39, 0.29) is 13.2 Å². The Morgan fingerprint density at radius 2 is 1.44 bits per heavy atom. The van der Waals surface area contributed by atoms with E-state index in [2.05, 4.69) is 0 Å². The molecule has 0 heterocycles. The zero-order valence-electron chi connectivity index (χ0n) is 11.0. The molecule has 0 aromatic rings. The fourth-order valence-corrected chi connectivity index (χ4v) is 1.58. The Kier molecular flexibility index (Phi) is 12.3. The molecule has 5 nitrogen and oxygen atoms in total. The number of unbranched alkanes of at least 4 members (excludes halogenated alkanes) is 5. The van der Waals surface area contributed by atoms with E-state index in [4.69, 9.17) is 14.9 Å². The summed E-state index contributed by atoms with van der Waals surface area (Å²) in [6, 6.07) is 0. The monoisotopic (exact) mass is 262 g/mol. The number of aliphatic hydroxyl groups excluding tert-OH is 3. The number of carbonyl (C=O) groups is 1. The first-order valence-corrected chi connectivity index (χ1v) is 6.78. The molecule has 3 N–H and O–H groups in total. The molecule has 0 aliphatic carbocycles. The lowest BCUT2D eigenvalue weighted by atomic mass is 10.1. The molecule has 0 saturated heterocycles. The van der Waals surface area contributed by atoms with E-state index in [1.807, 2.05) is 0 Å². The van der Waals surface area contributed by atoms with Gasteiger partial charge >= 0.3 is 5.97 Å². The Bertz CT molecular complexity index is 196. The second-order valence-electron chi connectivity index (χ2n) is 4.39. The van der Waals surface area contributed by atoms with Crippen LogP contribution in [0.2, 0.25) is 0 Å². The van der Waals surface area contributed by atoms with Crippen LogP contribution in [0.5, 0.6) is 0 Å². The average molecular weight is 262 g/mol. The zero-order valence-corrected chi connectivity index (χ0v) is 11.0. The van der Waals surface area contributed by atoms with Crippen molar-refractivity contribution in [3.8, 4) is 0 Å². The van der Waals surface area contributed by atoms with Gasteiger partial charge in [-0.2, -0.15) is 0 Å². The molecule has 0 amide bonds. The Balaban J connectivity index is 3.38. The molecule has 0 aromatic carbocycles. The molecule has 0 rings (SSSR count). The molecule has 0 fully saturated rings. The highest BCUT2D eigenvalue weighted by atomic mass is 16.5. The summed E-state index contributed by atoms with van der Waals surface area (Å²) in [6.45, 7) is 0.679. The number of esters is 1. The first-order valence-electron chi connectivity index (χ1n) is 6.78. The largest absolute Gasteiger partial charge is 0.464 e. The second kappa shape index (κ2) is 12.8. The fraction of sp³-hybridized carbons (Fsp3) is 0.923. The lowest BCUT2D eigenvalue weighted by Crippen LogP contribution is -2.23. The van der Waals surface area contributed by atoms with Crippen molar-refractivity contribution in [2.45, 2.75) is 57.5 Å². The van der Waals surface area contributed by atoms with Crippen LogP contribution in [0.25, 0.3) is 0 Å². The summed E-state index contributed by atoms with van der Waals surface area (Å²) in [6.07, 6.45) is 4.97. The Morgan fingerprint density at radius 1 is 0.889 bits per heavy atom. The molecule has 0 radical (unpaired) electrons. The molecule has 18 heavy (non-hydrogen) atoms. The lowest BCUT2D eigenvalue weighted by molar-refractivity contribution is -0.154. The van der Waals surface area contributed by atoms with Gasteiger partial charge in [0, 0.05) is 13.2 Å². The maximum atomic E-state index is 11.3. The van der Waals surface area contributed by atoms with Crippen LogP contribution in [0, 0.1) is 0 Å². The number of hydrogen-bond acceptors (Lipinski definition) is 5. The van der Waals surface area contributed by atoms with Crippen molar-refractivity contribution < 1.29 is 24.9 Å². The third-order valence-corrected chi connectivity index (χ3v) is 2.70. The predicted octanol–water partition coefficient (Wildman–Crippen LogP) is 0.996. The van der Waals surface area contributed by atoms with Crippen molar-refractivity contribution in [2.75, 3.05) is 19.8 Å². The third kappa shape index (κ3) is 10.5. The van der Waals surface area contributed by atoms with E-state index in [1.54, 1.807) is 0 Å². The molecular formula is C13H26O5. The number of rotatable bonds is 12. The number of ether oxygens (including phenoxy) is 1. The fourth-order valence-electron chi connectivity index (χ4n) is 1.58. The van der Waals surface area contributed by atoms with E-state index in [9.17, 15) is 9.90 Å². The standard InChI is InChI=1S/C13H26O5/c14-9-5-1-2-7-11-18-13(17)12(16)8-4-3-6-10-15/h12,14-16H,1-11H2. The Morgan fingerprint density at radius 3 is 2.06 bits per heavy atom. The minimum Gasteiger partial charge on any atom is -0.464 e. The quantitative estimate of drug-likeness (QED) is 0.361. The van der Waals surface area contributed by atoms with Gasteiger partial charge in [0.15, 0.2) is 6.10 Å². The smallest absolute Gasteiger partial charge is 0.334 e. The Labute approximate surface area is 109 Å². The van der Waals surface area contributed by atoms with Crippen molar-refractivity contribution in [2.24, 2.45) is 0 Å². The number of hydrogen-bond donors (Lipinski definition) is 3. The van der Waals surface area contributed by atoms with E-state index in [0.29, 0.717) is 25.9 Å². The van der Waals surface area contributed by atoms with Crippen molar-refractivity contribution in [1.82, 2.24) is 0 Å². The van der Waals surface area contributed by atoms with Gasteiger partial charge in [-0.25, -0.2) is 4.79 Å². The molecule has 0 saturated carbocycles. The maximum absolute atomic E-state index is 11.3. The van der Waals surface area contributed by atoms with Gasteiger partial charge in [0.2, 0.25) is 0 Å². The molecule has 0 aliphatic heterocycles. The summed E-state index contributed by atoms with van der Waals surface area (Å²) in [4.78, 5) is 11.3. The molecule has 0 spiro atoms. The van der Waals surface area contributed by atoms with E-state index < -0.39 is 12.1 Å². The highest BCUT2D eigenvalue weighted by molar-refractivity contribution is 5.74. The molecule has 5 heteroatoms. The lowest BCUT2D eigenvalue weighted by Gasteiger charge is -2.10. The summed E-state index contributed by atoms with van der Waals surface area (Å²) >= 11 is 0. The SMILES string of the molecule is O=C(OCCCCCCO)C(O)CCCCCO. The van der Waals surface area contributed by atoms with Gasteiger partial charge in [-0.1, -0.05) is 19.3 Å². The van der Waals surface area contributed by atoms with Crippen LogP contribution in [0.1, 0.15) is 51.4 Å². The van der Waals surface area contributed by atoms with Crippen molar-refractivity contribution in [3.05, 3.63) is 0 Å². The summed E-state index contributed by atoms with van der Waals surface area (Å²) in [5.74, 6) is -0.554. The maximum Gasteiger partial charge on any atom is 0.334 e. The van der Waals surface area contributed by atoms with Crippen molar-refractivity contribution >= 4 is 5.97 Å². The summed E-state index contributed by atoms with van der Waals surface area (Å²) in [7, 11) is 0. The Hall–Kier alpha value is -0.650. The average Bonchev–Trinajstić information content (AvgIpc) is 2.38. The molecule has 0 aromatic heterocycles. The highest BCUT2D eigenvalue weighted by Crippen LogP contribution is 2.06. The van der Waals surface area contributed by atoms with Crippen LogP contribution < -0.4 is 0 Å². The summed E-state index contributed by atoms with van der Waals surface area (Å²) in [5.41, 5.74) is 0. The van der Waals surface area contributed by atoms with Gasteiger partial charge in [-0.3, -0.25) is 0 Å². The molecular weight excluding hydrogens is 236 g/mol. The molecule has 0 bridgehead atoms. The van der Waals surface area contributed by atoms with Gasteiger partial charge in [0.05, 0.1) is 6.61 Å². The minimum atomic E-state index is -1.04. The second-order valence-corrected chi connectivity index (χ2v) is 4.39. The zero-order chi connectivity index (χ0) is 13.6. The van der Waals surface area contributed by atoms with Gasteiger partial charge in [-0.05, 0) is 32.1 Å². The van der Waals surface area contributed by atoms with E-state index >= 15 is 0 Å². The van der Waals surface area contributed by atoms with E-state index in [1.165, 1.54) is 0 Å². The van der Waals surface area contributed by atoms with Crippen LogP contribution >= 0.6 is 0 Å². The third-order valence-electron chi connectivity index (χ3n) is 2.70. The van der Waals surface area contributed by atoms with Crippen LogP contribution in [0.15, 0.2) is 0 Å². The van der Waals surface area contributed by atoms with Crippen molar-refractivity contribution in [1.29, 1.82) is 0 Å². The van der Waals surface area contributed by atoms with Gasteiger partial charge in [0.1, 0.15) is 0 Å². The van der Waals surface area contributed by atoms with Crippen LogP contribution in [0.3, 0.4) is 0 Å².